The maximum atomic E-state index is 12.1. The van der Waals surface area contributed by atoms with Gasteiger partial charge in [0.2, 0.25) is 0 Å². The second-order valence-electron chi connectivity index (χ2n) is 13.8. The van der Waals surface area contributed by atoms with Crippen molar-refractivity contribution in [2.45, 2.75) is 114 Å². The SMILES string of the molecule is C=C(C)C(=O)OC12CC3CC(CC(OCOCCCC)(C3)C1)C2.C=C(C)C(=O)OCC(=O)OC1C2CC3C1OS(=O)(=O)C3C2. The van der Waals surface area contributed by atoms with Gasteiger partial charge in [0, 0.05) is 36.0 Å². The molecule has 0 amide bonds. The van der Waals surface area contributed by atoms with Gasteiger partial charge in [-0.2, -0.15) is 8.42 Å². The van der Waals surface area contributed by atoms with Gasteiger partial charge in [0.15, 0.2) is 6.61 Å². The Bertz CT molecular complexity index is 1260. The third kappa shape index (κ3) is 6.93. The maximum Gasteiger partial charge on any atom is 0.344 e. The molecule has 44 heavy (non-hydrogen) atoms. The minimum absolute atomic E-state index is 0.00284. The van der Waals surface area contributed by atoms with Crippen LogP contribution in [0.1, 0.15) is 85.0 Å². The van der Waals surface area contributed by atoms with Gasteiger partial charge in [-0.3, -0.25) is 4.18 Å². The van der Waals surface area contributed by atoms with Crippen LogP contribution < -0.4 is 0 Å². The Labute approximate surface area is 260 Å². The molecule has 0 spiro atoms. The molecule has 7 rings (SSSR count). The Morgan fingerprint density at radius 2 is 1.59 bits per heavy atom. The van der Waals surface area contributed by atoms with Crippen LogP contribution in [-0.2, 0) is 52.4 Å². The largest absolute Gasteiger partial charge is 0.457 e. The highest BCUT2D eigenvalue weighted by Gasteiger charge is 2.65. The zero-order valence-electron chi connectivity index (χ0n) is 26.0. The van der Waals surface area contributed by atoms with Crippen molar-refractivity contribution in [1.82, 2.24) is 0 Å². The van der Waals surface area contributed by atoms with Crippen molar-refractivity contribution in [3.8, 4) is 0 Å². The fourth-order valence-corrected chi connectivity index (χ4v) is 10.5. The van der Waals surface area contributed by atoms with Crippen molar-refractivity contribution in [1.29, 1.82) is 0 Å². The fraction of sp³-hybridized carbons (Fsp3) is 0.781. The highest BCUT2D eigenvalue weighted by atomic mass is 32.2. The van der Waals surface area contributed by atoms with Crippen LogP contribution in [0.2, 0.25) is 0 Å². The molecular formula is C32H46O11S. The lowest BCUT2D eigenvalue weighted by molar-refractivity contribution is -0.253. The Morgan fingerprint density at radius 3 is 2.23 bits per heavy atom. The maximum absolute atomic E-state index is 12.1. The lowest BCUT2D eigenvalue weighted by atomic mass is 9.52. The average Bonchev–Trinajstić information content (AvgIpc) is 3.55. The summed E-state index contributed by atoms with van der Waals surface area (Å²) >= 11 is 0. The van der Waals surface area contributed by atoms with Crippen LogP contribution in [0.15, 0.2) is 24.3 Å². The van der Waals surface area contributed by atoms with E-state index in [2.05, 4.69) is 20.1 Å². The van der Waals surface area contributed by atoms with Gasteiger partial charge < -0.3 is 23.7 Å². The minimum Gasteiger partial charge on any atom is -0.457 e. The van der Waals surface area contributed by atoms with Crippen LogP contribution in [-0.4, -0.2) is 75.0 Å². The van der Waals surface area contributed by atoms with E-state index in [0.29, 0.717) is 37.0 Å². The Morgan fingerprint density at radius 1 is 0.932 bits per heavy atom. The summed E-state index contributed by atoms with van der Waals surface area (Å²) in [6, 6.07) is 0. The molecule has 12 heteroatoms. The molecule has 7 aliphatic rings. The van der Waals surface area contributed by atoms with Crippen LogP contribution in [0.4, 0.5) is 0 Å². The zero-order chi connectivity index (χ0) is 31.9. The lowest BCUT2D eigenvalue weighted by Crippen LogP contribution is -2.61. The Hall–Kier alpha value is -2.28. The number of rotatable bonds is 12. The van der Waals surface area contributed by atoms with Crippen molar-refractivity contribution in [2.75, 3.05) is 20.0 Å². The van der Waals surface area contributed by atoms with Gasteiger partial charge in [0.25, 0.3) is 10.1 Å². The summed E-state index contributed by atoms with van der Waals surface area (Å²) in [5.41, 5.74) is 0.198. The van der Waals surface area contributed by atoms with Gasteiger partial charge in [-0.1, -0.05) is 26.5 Å². The third-order valence-corrected chi connectivity index (χ3v) is 11.8. The van der Waals surface area contributed by atoms with E-state index in [1.807, 2.05) is 0 Å². The van der Waals surface area contributed by atoms with Crippen LogP contribution in [0, 0.1) is 23.7 Å². The number of hydrogen-bond donors (Lipinski definition) is 0. The van der Waals surface area contributed by atoms with Gasteiger partial charge in [-0.25, -0.2) is 14.4 Å². The summed E-state index contributed by atoms with van der Waals surface area (Å²) in [5, 5.41) is -0.455. The van der Waals surface area contributed by atoms with E-state index in [0.717, 1.165) is 51.6 Å². The molecule has 0 aromatic rings. The lowest BCUT2D eigenvalue weighted by Gasteiger charge is -2.60. The van der Waals surface area contributed by atoms with Crippen molar-refractivity contribution in [3.05, 3.63) is 24.3 Å². The van der Waals surface area contributed by atoms with Crippen LogP contribution in [0.5, 0.6) is 0 Å². The van der Waals surface area contributed by atoms with Gasteiger partial charge in [0.05, 0.1) is 10.9 Å². The first-order chi connectivity index (χ1) is 20.8. The van der Waals surface area contributed by atoms with E-state index in [1.165, 1.54) is 13.3 Å². The average molecular weight is 639 g/mol. The van der Waals surface area contributed by atoms with Crippen molar-refractivity contribution < 1.29 is 50.7 Å². The van der Waals surface area contributed by atoms with Crippen LogP contribution in [0.25, 0.3) is 0 Å². The Balaban J connectivity index is 0.000000175. The Kier molecular flexibility index (Phi) is 9.66. The predicted octanol–water partition coefficient (Wildman–Crippen LogP) is 4.14. The number of carbonyl (C=O) groups is 3. The smallest absolute Gasteiger partial charge is 0.344 e. The highest BCUT2D eigenvalue weighted by Crippen LogP contribution is 2.60. The third-order valence-electron chi connectivity index (χ3n) is 10.1. The molecule has 6 bridgehead atoms. The zero-order valence-corrected chi connectivity index (χ0v) is 26.9. The second kappa shape index (κ2) is 12.8. The quantitative estimate of drug-likeness (QED) is 0.0761. The topological polar surface area (TPSA) is 141 Å². The van der Waals surface area contributed by atoms with Gasteiger partial charge in [-0.15, -0.1) is 0 Å². The van der Waals surface area contributed by atoms with Crippen molar-refractivity contribution >= 4 is 28.0 Å². The summed E-state index contributed by atoms with van der Waals surface area (Å²) in [6.07, 6.45) is 8.45. The number of fused-ring (bicyclic) bond motifs is 1. The normalized spacial score (nSPS) is 38.0. The first-order valence-corrected chi connectivity index (χ1v) is 17.3. The summed E-state index contributed by atoms with van der Waals surface area (Å²) in [7, 11) is -3.53. The number of ether oxygens (including phenoxy) is 5. The molecule has 1 heterocycles. The molecule has 7 atom stereocenters. The molecule has 1 saturated heterocycles. The van der Waals surface area contributed by atoms with Gasteiger partial charge in [0.1, 0.15) is 24.6 Å². The molecule has 7 fully saturated rings. The van der Waals surface area contributed by atoms with E-state index in [4.69, 9.17) is 27.9 Å². The second-order valence-corrected chi connectivity index (χ2v) is 15.6. The number of hydrogen-bond acceptors (Lipinski definition) is 11. The molecule has 1 aliphatic heterocycles. The molecule has 0 N–H and O–H groups in total. The minimum atomic E-state index is -3.53. The molecule has 6 saturated carbocycles. The van der Waals surface area contributed by atoms with Gasteiger partial charge >= 0.3 is 17.9 Å². The number of esters is 3. The summed E-state index contributed by atoms with van der Waals surface area (Å²) in [5.74, 6) is -0.471. The predicted molar refractivity (Wildman–Crippen MR) is 157 cm³/mol. The summed E-state index contributed by atoms with van der Waals surface area (Å²) in [6.45, 7) is 13.1. The highest BCUT2D eigenvalue weighted by molar-refractivity contribution is 7.87. The van der Waals surface area contributed by atoms with Gasteiger partial charge in [-0.05, 0) is 77.0 Å². The summed E-state index contributed by atoms with van der Waals surface area (Å²) < 4.78 is 56.3. The number of unbranched alkanes of at least 4 members (excludes halogenated alkanes) is 1. The molecule has 0 radical (unpaired) electrons. The molecule has 6 aliphatic carbocycles. The molecule has 246 valence electrons. The molecule has 0 aromatic carbocycles. The first-order valence-electron chi connectivity index (χ1n) is 15.8. The fourth-order valence-electron chi connectivity index (χ4n) is 8.62. The van der Waals surface area contributed by atoms with E-state index in [9.17, 15) is 22.8 Å². The monoisotopic (exact) mass is 638 g/mol. The standard InChI is InChI=1S/C19H30O4.C13H16O7S/c1-4-5-6-21-13-22-18-8-15-7-16(9-18)11-19(10-15,12-18)23-17(20)14(2)3;1-6(2)13(15)18-5-10(14)19-11-7-3-8-9(4-7)21(16,17)20-12(8)11/h15-16H,2,4-13H2,1,3H3;7-9,11-12H,1,3-5H2,2H3. The van der Waals surface area contributed by atoms with Crippen LogP contribution >= 0.6 is 0 Å². The molecule has 7 unspecified atom stereocenters. The van der Waals surface area contributed by atoms with Crippen molar-refractivity contribution in [3.63, 3.8) is 0 Å². The molecule has 11 nitrogen and oxygen atoms in total. The number of carbonyl (C=O) groups excluding carboxylic acids is 3. The van der Waals surface area contributed by atoms with E-state index in [-0.39, 0.29) is 34.6 Å². The van der Waals surface area contributed by atoms with E-state index in [1.54, 1.807) is 6.92 Å². The first kappa shape index (κ1) is 33.1. The van der Waals surface area contributed by atoms with Crippen LogP contribution in [0.3, 0.4) is 0 Å². The van der Waals surface area contributed by atoms with E-state index < -0.39 is 46.1 Å². The molecular weight excluding hydrogens is 592 g/mol. The summed E-state index contributed by atoms with van der Waals surface area (Å²) in [4.78, 5) is 35.0. The molecule has 0 aromatic heterocycles. The van der Waals surface area contributed by atoms with E-state index >= 15 is 0 Å². The van der Waals surface area contributed by atoms with Crippen molar-refractivity contribution in [2.24, 2.45) is 23.7 Å².